The van der Waals surface area contributed by atoms with Crippen LogP contribution in [0.5, 0.6) is 0 Å². The molecule has 0 unspecified atom stereocenters. The maximum Gasteiger partial charge on any atom is 0.164 e. The van der Waals surface area contributed by atoms with E-state index in [0.29, 0.717) is 17.5 Å². The van der Waals surface area contributed by atoms with Crippen LogP contribution >= 0.6 is 0 Å². The molecule has 0 bridgehead atoms. The number of nitrogens with zero attached hydrogens (tertiary/aromatic N) is 3. The second kappa shape index (κ2) is 10.5. The minimum atomic E-state index is 0.681. The molecule has 0 spiro atoms. The van der Waals surface area contributed by atoms with Crippen LogP contribution in [0.15, 0.2) is 132 Å². The molecule has 9 rings (SSSR count). The van der Waals surface area contributed by atoms with Crippen molar-refractivity contribution in [1.29, 1.82) is 0 Å². The Hall–Kier alpha value is -5.61. The molecular formula is C41H29N3O. The van der Waals surface area contributed by atoms with Gasteiger partial charge in [0.1, 0.15) is 11.3 Å². The molecule has 0 aliphatic heterocycles. The Morgan fingerprint density at radius 1 is 0.556 bits per heavy atom. The van der Waals surface area contributed by atoms with Crippen LogP contribution < -0.4 is 0 Å². The Labute approximate surface area is 261 Å². The first-order valence-electron chi connectivity index (χ1n) is 15.7. The molecule has 7 aromatic rings. The zero-order valence-electron chi connectivity index (χ0n) is 24.7. The summed E-state index contributed by atoms with van der Waals surface area (Å²) >= 11 is 0. The van der Waals surface area contributed by atoms with Gasteiger partial charge in [0.2, 0.25) is 0 Å². The summed E-state index contributed by atoms with van der Waals surface area (Å²) < 4.78 is 6.66. The first kappa shape index (κ1) is 25.8. The minimum Gasteiger partial charge on any atom is -0.460 e. The Bertz CT molecular complexity index is 2380. The van der Waals surface area contributed by atoms with Crippen LogP contribution in [-0.4, -0.2) is 15.0 Å². The Morgan fingerprint density at radius 3 is 2.18 bits per heavy atom. The fourth-order valence-electron chi connectivity index (χ4n) is 6.90. The highest BCUT2D eigenvalue weighted by molar-refractivity contribution is 6.13. The Morgan fingerprint density at radius 2 is 1.31 bits per heavy atom. The summed E-state index contributed by atoms with van der Waals surface area (Å²) in [6, 6.07) is 36.2. The molecule has 2 aliphatic rings. The molecule has 0 radical (unpaired) electrons. The smallest absolute Gasteiger partial charge is 0.164 e. The van der Waals surface area contributed by atoms with Gasteiger partial charge in [-0.2, -0.15) is 0 Å². The molecule has 2 aromatic heterocycles. The van der Waals surface area contributed by atoms with Crippen LogP contribution in [0.4, 0.5) is 0 Å². The molecule has 214 valence electrons. The van der Waals surface area contributed by atoms with Crippen molar-refractivity contribution in [2.24, 2.45) is 0 Å². The number of rotatable bonds is 4. The molecule has 45 heavy (non-hydrogen) atoms. The van der Waals surface area contributed by atoms with Crippen LogP contribution in [0.3, 0.4) is 0 Å². The van der Waals surface area contributed by atoms with Crippen molar-refractivity contribution in [2.45, 2.75) is 25.7 Å². The Kier molecular flexibility index (Phi) is 6.05. The van der Waals surface area contributed by atoms with Crippen molar-refractivity contribution < 1.29 is 4.42 Å². The number of furan rings is 1. The molecule has 0 N–H and O–H groups in total. The summed E-state index contributed by atoms with van der Waals surface area (Å²) in [5.41, 5.74) is 7.30. The molecule has 4 nitrogen and oxygen atoms in total. The van der Waals surface area contributed by atoms with E-state index in [0.717, 1.165) is 81.2 Å². The molecule has 2 aliphatic carbocycles. The fraction of sp³-hybridized carbons (Fsp3) is 0.0976. The first-order chi connectivity index (χ1) is 22.3. The summed E-state index contributed by atoms with van der Waals surface area (Å²) in [6.45, 7) is 0. The van der Waals surface area contributed by atoms with Crippen molar-refractivity contribution in [3.63, 3.8) is 0 Å². The van der Waals surface area contributed by atoms with Gasteiger partial charge in [0, 0.05) is 39.6 Å². The van der Waals surface area contributed by atoms with Crippen LogP contribution in [0.2, 0.25) is 0 Å². The van der Waals surface area contributed by atoms with Crippen molar-refractivity contribution >= 4 is 43.7 Å². The predicted octanol–water partition coefficient (Wildman–Crippen LogP) is 10.4. The third-order valence-corrected chi connectivity index (χ3v) is 9.00. The van der Waals surface area contributed by atoms with Gasteiger partial charge in [-0.15, -0.1) is 0 Å². The summed E-state index contributed by atoms with van der Waals surface area (Å²) in [4.78, 5) is 15.6. The summed E-state index contributed by atoms with van der Waals surface area (Å²) in [5, 5.41) is 5.81. The van der Waals surface area contributed by atoms with Crippen LogP contribution in [0.1, 0.15) is 42.2 Å². The van der Waals surface area contributed by atoms with E-state index in [1.165, 1.54) is 16.2 Å². The SMILES string of the molecule is C1=CC(c2nc(C3=CCCc4oc5c(-c6ccccc6)cccc5c43)nc(-c3cc4ccccc4c4ccccc34)n2)=CCC1. The van der Waals surface area contributed by atoms with Gasteiger partial charge >= 0.3 is 0 Å². The van der Waals surface area contributed by atoms with Gasteiger partial charge in [0.05, 0.1) is 0 Å². The van der Waals surface area contributed by atoms with Gasteiger partial charge in [0.15, 0.2) is 17.5 Å². The lowest BCUT2D eigenvalue weighted by Crippen LogP contribution is -2.08. The van der Waals surface area contributed by atoms with Crippen molar-refractivity contribution in [1.82, 2.24) is 15.0 Å². The highest BCUT2D eigenvalue weighted by atomic mass is 16.3. The van der Waals surface area contributed by atoms with Gasteiger partial charge in [-0.25, -0.2) is 15.0 Å². The average Bonchev–Trinajstić information content (AvgIpc) is 3.51. The van der Waals surface area contributed by atoms with E-state index in [-0.39, 0.29) is 0 Å². The molecule has 0 saturated carbocycles. The third-order valence-electron chi connectivity index (χ3n) is 9.00. The standard InChI is InChI=1S/C41H29N3O/c1-3-13-26(14-4-1)30-21-11-22-33-37-34(23-12-24-36(37)45-38(30)33)40-42-39(27-15-5-2-6-16-27)43-41(44-40)35-25-28-17-7-8-18-29(28)31-19-9-10-20-32(31)35/h1,3-5,7-11,13-23,25H,2,6,12,24H2. The van der Waals surface area contributed by atoms with Crippen molar-refractivity contribution in [2.75, 3.05) is 0 Å². The van der Waals surface area contributed by atoms with Gasteiger partial charge in [-0.05, 0) is 52.4 Å². The lowest BCUT2D eigenvalue weighted by atomic mass is 9.92. The topological polar surface area (TPSA) is 51.8 Å². The molecule has 0 atom stereocenters. The lowest BCUT2D eigenvalue weighted by molar-refractivity contribution is 0.546. The van der Waals surface area contributed by atoms with E-state index >= 15 is 0 Å². The van der Waals surface area contributed by atoms with Crippen LogP contribution in [-0.2, 0) is 6.42 Å². The molecule has 4 heteroatoms. The highest BCUT2D eigenvalue weighted by Crippen LogP contribution is 2.42. The predicted molar refractivity (Wildman–Crippen MR) is 184 cm³/mol. The van der Waals surface area contributed by atoms with E-state index in [4.69, 9.17) is 19.4 Å². The molecule has 0 fully saturated rings. The number of aromatic nitrogens is 3. The van der Waals surface area contributed by atoms with Crippen molar-refractivity contribution in [3.05, 3.63) is 150 Å². The van der Waals surface area contributed by atoms with E-state index in [1.54, 1.807) is 0 Å². The molecule has 0 saturated heterocycles. The number of para-hydroxylation sites is 1. The molecule has 5 aromatic carbocycles. The summed E-state index contributed by atoms with van der Waals surface area (Å²) in [5.74, 6) is 3.06. The number of allylic oxidation sites excluding steroid dienone is 5. The maximum absolute atomic E-state index is 6.66. The van der Waals surface area contributed by atoms with Crippen LogP contribution in [0, 0.1) is 0 Å². The molecule has 2 heterocycles. The third kappa shape index (κ3) is 4.33. The van der Waals surface area contributed by atoms with Crippen molar-refractivity contribution in [3.8, 4) is 22.5 Å². The largest absolute Gasteiger partial charge is 0.460 e. The van der Waals surface area contributed by atoms with Gasteiger partial charge in [-0.1, -0.05) is 121 Å². The highest BCUT2D eigenvalue weighted by Gasteiger charge is 2.26. The van der Waals surface area contributed by atoms with Gasteiger partial charge in [-0.3, -0.25) is 0 Å². The average molecular weight is 580 g/mol. The zero-order chi connectivity index (χ0) is 29.7. The fourth-order valence-corrected chi connectivity index (χ4v) is 6.90. The maximum atomic E-state index is 6.66. The molecular weight excluding hydrogens is 550 g/mol. The first-order valence-corrected chi connectivity index (χ1v) is 15.7. The lowest BCUT2D eigenvalue weighted by Gasteiger charge is -2.16. The number of fused-ring (bicyclic) bond motifs is 6. The number of hydrogen-bond donors (Lipinski definition) is 0. The number of benzene rings is 5. The number of hydrogen-bond acceptors (Lipinski definition) is 4. The normalized spacial score (nSPS) is 14.5. The quantitative estimate of drug-likeness (QED) is 0.195. The van der Waals surface area contributed by atoms with Gasteiger partial charge < -0.3 is 4.42 Å². The van der Waals surface area contributed by atoms with E-state index < -0.39 is 0 Å². The van der Waals surface area contributed by atoms with Gasteiger partial charge in [0.25, 0.3) is 0 Å². The Balaban J connectivity index is 1.29. The van der Waals surface area contributed by atoms with E-state index in [1.807, 2.05) is 6.07 Å². The van der Waals surface area contributed by atoms with E-state index in [2.05, 4.69) is 121 Å². The summed E-state index contributed by atoms with van der Waals surface area (Å²) in [7, 11) is 0. The molecule has 0 amide bonds. The van der Waals surface area contributed by atoms with E-state index in [9.17, 15) is 0 Å². The zero-order valence-corrected chi connectivity index (χ0v) is 24.7. The minimum absolute atomic E-state index is 0.681. The monoisotopic (exact) mass is 579 g/mol. The summed E-state index contributed by atoms with van der Waals surface area (Å²) in [6.07, 6.45) is 12.6. The van der Waals surface area contributed by atoms with Crippen LogP contribution in [0.25, 0.3) is 66.2 Å². The number of aryl methyl sites for hydroxylation is 1. The second-order valence-corrected chi connectivity index (χ2v) is 11.7. The second-order valence-electron chi connectivity index (χ2n) is 11.7.